The molecule has 3 N–H and O–H groups in total. The third kappa shape index (κ3) is 2.98. The van der Waals surface area contributed by atoms with Crippen LogP contribution in [0.3, 0.4) is 0 Å². The van der Waals surface area contributed by atoms with E-state index in [1.165, 1.54) is 4.68 Å². The lowest BCUT2D eigenvalue weighted by Crippen LogP contribution is -2.12. The van der Waals surface area contributed by atoms with Crippen LogP contribution < -0.4 is 5.73 Å². The van der Waals surface area contributed by atoms with Crippen LogP contribution in [-0.4, -0.2) is 15.6 Å². The average Bonchev–Trinajstić information content (AvgIpc) is 2.80. The maximum absolute atomic E-state index is 12.5. The minimum atomic E-state index is -4.38. The van der Waals surface area contributed by atoms with E-state index in [1.807, 2.05) is 6.92 Å². The maximum atomic E-state index is 12.5. The van der Waals surface area contributed by atoms with Crippen molar-refractivity contribution in [2.24, 2.45) is 5.73 Å². The van der Waals surface area contributed by atoms with Crippen molar-refractivity contribution in [1.29, 1.82) is 5.41 Å². The summed E-state index contributed by atoms with van der Waals surface area (Å²) in [5, 5.41) is 11.0. The van der Waals surface area contributed by atoms with Crippen LogP contribution in [0.4, 0.5) is 13.2 Å². The number of aryl methyl sites for hydroxylation is 1. The zero-order valence-corrected chi connectivity index (χ0v) is 10.7. The van der Waals surface area contributed by atoms with Crippen molar-refractivity contribution in [2.75, 3.05) is 0 Å². The van der Waals surface area contributed by atoms with E-state index in [9.17, 15) is 13.2 Å². The summed E-state index contributed by atoms with van der Waals surface area (Å²) >= 11 is 0. The fourth-order valence-corrected chi connectivity index (χ4v) is 1.81. The largest absolute Gasteiger partial charge is 0.419 e. The van der Waals surface area contributed by atoms with Crippen LogP contribution in [0.15, 0.2) is 30.6 Å². The molecule has 1 aromatic heterocycles. The van der Waals surface area contributed by atoms with Crippen LogP contribution in [0.5, 0.6) is 0 Å². The zero-order valence-electron chi connectivity index (χ0n) is 10.7. The number of nitrogen functional groups attached to an aromatic ring is 1. The second-order valence-corrected chi connectivity index (χ2v) is 4.48. The van der Waals surface area contributed by atoms with E-state index < -0.39 is 11.7 Å². The van der Waals surface area contributed by atoms with Crippen LogP contribution in [0.25, 0.3) is 0 Å². The Morgan fingerprint density at radius 2 is 2.10 bits per heavy atom. The van der Waals surface area contributed by atoms with E-state index in [4.69, 9.17) is 11.1 Å². The summed E-state index contributed by atoms with van der Waals surface area (Å²) in [7, 11) is 0. The molecule has 0 saturated carbocycles. The third-order valence-electron chi connectivity index (χ3n) is 2.95. The van der Waals surface area contributed by atoms with Gasteiger partial charge in [-0.05, 0) is 24.1 Å². The van der Waals surface area contributed by atoms with Gasteiger partial charge in [-0.25, -0.2) is 0 Å². The van der Waals surface area contributed by atoms with Gasteiger partial charge in [0.05, 0.1) is 18.3 Å². The highest BCUT2D eigenvalue weighted by Gasteiger charge is 2.32. The van der Waals surface area contributed by atoms with Crippen molar-refractivity contribution < 1.29 is 13.2 Å². The number of nitrogens with two attached hydrogens (primary N) is 1. The summed E-state index contributed by atoms with van der Waals surface area (Å²) in [6.45, 7) is 2.05. The summed E-state index contributed by atoms with van der Waals surface area (Å²) in [6.07, 6.45) is -2.61. The molecule has 1 aromatic carbocycles. The van der Waals surface area contributed by atoms with E-state index in [0.29, 0.717) is 5.56 Å². The predicted molar refractivity (Wildman–Crippen MR) is 68.5 cm³/mol. The number of aromatic nitrogens is 2. The molecule has 0 aliphatic heterocycles. The molecule has 7 heteroatoms. The van der Waals surface area contributed by atoms with Crippen molar-refractivity contribution in [1.82, 2.24) is 9.78 Å². The van der Waals surface area contributed by atoms with Gasteiger partial charge in [-0.15, -0.1) is 0 Å². The second-order valence-electron chi connectivity index (χ2n) is 4.48. The Hall–Kier alpha value is -2.31. The molecule has 1 heterocycles. The van der Waals surface area contributed by atoms with Crippen LogP contribution in [0.2, 0.25) is 0 Å². The highest BCUT2D eigenvalue weighted by molar-refractivity contribution is 5.95. The fraction of sp³-hybridized carbons (Fsp3) is 0.231. The number of nitrogens with one attached hydrogen (secondary N) is 1. The molecule has 0 spiro atoms. The summed E-state index contributed by atoms with van der Waals surface area (Å²) in [6, 6.07) is 5.13. The lowest BCUT2D eigenvalue weighted by atomic mass is 10.0. The molecule has 0 unspecified atom stereocenters. The van der Waals surface area contributed by atoms with Gasteiger partial charge in [0, 0.05) is 11.8 Å². The topological polar surface area (TPSA) is 67.7 Å². The van der Waals surface area contributed by atoms with E-state index in [1.54, 1.807) is 18.2 Å². The minimum absolute atomic E-state index is 0.0434. The summed E-state index contributed by atoms with van der Waals surface area (Å²) < 4.78 is 38.6. The molecular weight excluding hydrogens is 269 g/mol. The van der Waals surface area contributed by atoms with Crippen LogP contribution >= 0.6 is 0 Å². The Kier molecular flexibility index (Phi) is 3.52. The van der Waals surface area contributed by atoms with Gasteiger partial charge in [0.15, 0.2) is 0 Å². The highest BCUT2D eigenvalue weighted by atomic mass is 19.4. The Labute approximate surface area is 113 Å². The summed E-state index contributed by atoms with van der Waals surface area (Å²) in [5.74, 6) is -0.0434. The molecule has 2 aromatic rings. The van der Waals surface area contributed by atoms with Gasteiger partial charge in [-0.3, -0.25) is 10.1 Å². The van der Waals surface area contributed by atoms with Crippen molar-refractivity contribution in [2.45, 2.75) is 19.6 Å². The molecule has 0 saturated heterocycles. The first kappa shape index (κ1) is 14.1. The number of halogens is 3. The van der Waals surface area contributed by atoms with Gasteiger partial charge >= 0.3 is 6.18 Å². The molecule has 20 heavy (non-hydrogen) atoms. The smallest absolute Gasteiger partial charge is 0.384 e. The van der Waals surface area contributed by atoms with Gasteiger partial charge < -0.3 is 5.73 Å². The van der Waals surface area contributed by atoms with Gasteiger partial charge in [0.25, 0.3) is 0 Å². The number of hydrogen-bond acceptors (Lipinski definition) is 2. The highest BCUT2D eigenvalue weighted by Crippen LogP contribution is 2.28. The number of amidine groups is 1. The zero-order chi connectivity index (χ0) is 14.9. The molecule has 0 radical (unpaired) electrons. The van der Waals surface area contributed by atoms with E-state index in [-0.39, 0.29) is 12.4 Å². The molecule has 0 atom stereocenters. The molecule has 4 nitrogen and oxygen atoms in total. The van der Waals surface area contributed by atoms with Crippen molar-refractivity contribution >= 4 is 5.84 Å². The molecule has 0 amide bonds. The summed E-state index contributed by atoms with van der Waals surface area (Å²) in [5.41, 5.74) is 6.87. The number of alkyl halides is 3. The van der Waals surface area contributed by atoms with E-state index in [0.717, 1.165) is 23.5 Å². The molecule has 0 bridgehead atoms. The van der Waals surface area contributed by atoms with Crippen molar-refractivity contribution in [3.05, 3.63) is 52.8 Å². The number of rotatable bonds is 3. The summed E-state index contributed by atoms with van der Waals surface area (Å²) in [4.78, 5) is 0. The van der Waals surface area contributed by atoms with E-state index >= 15 is 0 Å². The molecular formula is C13H13F3N4. The molecule has 2 rings (SSSR count). The quantitative estimate of drug-likeness (QED) is 0.671. The van der Waals surface area contributed by atoms with E-state index in [2.05, 4.69) is 5.10 Å². The lowest BCUT2D eigenvalue weighted by molar-refractivity contribution is -0.137. The lowest BCUT2D eigenvalue weighted by Gasteiger charge is -2.08. The Bertz CT molecular complexity index is 643. The first-order chi connectivity index (χ1) is 9.27. The molecule has 0 aliphatic rings. The predicted octanol–water partition coefficient (Wildman–Crippen LogP) is 2.54. The van der Waals surface area contributed by atoms with Gasteiger partial charge in [0.1, 0.15) is 5.84 Å². The Balaban J connectivity index is 2.22. The van der Waals surface area contributed by atoms with Crippen molar-refractivity contribution in [3.8, 4) is 0 Å². The molecule has 106 valence electrons. The first-order valence-electron chi connectivity index (χ1n) is 5.81. The normalized spacial score (nSPS) is 11.6. The Morgan fingerprint density at radius 3 is 2.60 bits per heavy atom. The number of nitrogens with zero attached hydrogens (tertiary/aromatic N) is 2. The first-order valence-corrected chi connectivity index (χ1v) is 5.81. The van der Waals surface area contributed by atoms with Gasteiger partial charge in [0.2, 0.25) is 0 Å². The molecule has 0 aliphatic carbocycles. The van der Waals surface area contributed by atoms with Gasteiger partial charge in [-0.1, -0.05) is 12.1 Å². The maximum Gasteiger partial charge on any atom is 0.419 e. The number of hydrogen-bond donors (Lipinski definition) is 2. The third-order valence-corrected chi connectivity index (χ3v) is 2.95. The Morgan fingerprint density at radius 1 is 1.40 bits per heavy atom. The van der Waals surface area contributed by atoms with Crippen LogP contribution in [0, 0.1) is 12.3 Å². The van der Waals surface area contributed by atoms with Crippen LogP contribution in [0.1, 0.15) is 22.3 Å². The minimum Gasteiger partial charge on any atom is -0.384 e. The average molecular weight is 282 g/mol. The molecule has 0 fully saturated rings. The standard InChI is InChI=1S/C13H13F3N4/c1-8-4-9(12(17)18)2-3-10(8)6-20-7-11(5-19-20)13(14,15)16/h2-5,7H,6H2,1H3,(H3,17,18). The number of benzene rings is 1. The second kappa shape index (κ2) is 4.99. The van der Waals surface area contributed by atoms with Crippen molar-refractivity contribution in [3.63, 3.8) is 0 Å². The fourth-order valence-electron chi connectivity index (χ4n) is 1.81. The SMILES string of the molecule is Cc1cc(C(=N)N)ccc1Cn1cc(C(F)(F)F)cn1. The van der Waals surface area contributed by atoms with Crippen LogP contribution in [-0.2, 0) is 12.7 Å². The monoisotopic (exact) mass is 282 g/mol. The van der Waals surface area contributed by atoms with Gasteiger partial charge in [-0.2, -0.15) is 18.3 Å².